The molecule has 1 aliphatic rings. The van der Waals surface area contributed by atoms with Crippen LogP contribution in [0.15, 0.2) is 48.5 Å². The SMILES string of the molecule is Cc1cccc(C2(O)CCC(c3ccccc3)CC2)c1C. The third-order valence-electron chi connectivity index (χ3n) is 5.19. The molecule has 21 heavy (non-hydrogen) atoms. The first-order chi connectivity index (χ1) is 10.1. The van der Waals surface area contributed by atoms with Gasteiger partial charge in [0.05, 0.1) is 5.60 Å². The van der Waals surface area contributed by atoms with Crippen molar-refractivity contribution in [2.45, 2.75) is 51.0 Å². The average Bonchev–Trinajstić information content (AvgIpc) is 2.51. The number of aliphatic hydroxyl groups is 1. The second-order valence-corrected chi connectivity index (χ2v) is 6.46. The van der Waals surface area contributed by atoms with E-state index < -0.39 is 5.60 Å². The monoisotopic (exact) mass is 280 g/mol. The Kier molecular flexibility index (Phi) is 3.86. The number of benzene rings is 2. The van der Waals surface area contributed by atoms with Gasteiger partial charge in [0.2, 0.25) is 0 Å². The summed E-state index contributed by atoms with van der Waals surface area (Å²) in [6.45, 7) is 4.25. The van der Waals surface area contributed by atoms with Gasteiger partial charge in [0, 0.05) is 0 Å². The van der Waals surface area contributed by atoms with Crippen molar-refractivity contribution in [1.82, 2.24) is 0 Å². The van der Waals surface area contributed by atoms with Crippen LogP contribution in [0.25, 0.3) is 0 Å². The fraction of sp³-hybridized carbons (Fsp3) is 0.400. The van der Waals surface area contributed by atoms with E-state index in [0.29, 0.717) is 5.92 Å². The Bertz CT molecular complexity index is 607. The lowest BCUT2D eigenvalue weighted by Gasteiger charge is -2.37. The van der Waals surface area contributed by atoms with E-state index in [-0.39, 0.29) is 0 Å². The Morgan fingerprint density at radius 1 is 0.905 bits per heavy atom. The molecule has 0 heterocycles. The second-order valence-electron chi connectivity index (χ2n) is 6.46. The van der Waals surface area contributed by atoms with Gasteiger partial charge in [-0.25, -0.2) is 0 Å². The summed E-state index contributed by atoms with van der Waals surface area (Å²) >= 11 is 0. The Balaban J connectivity index is 1.79. The van der Waals surface area contributed by atoms with E-state index in [1.54, 1.807) is 0 Å². The van der Waals surface area contributed by atoms with Crippen molar-refractivity contribution >= 4 is 0 Å². The predicted octanol–water partition coefficient (Wildman–Crippen LogP) is 4.85. The van der Waals surface area contributed by atoms with Gasteiger partial charge in [-0.1, -0.05) is 48.5 Å². The molecule has 1 aliphatic carbocycles. The minimum atomic E-state index is -0.638. The molecule has 0 radical (unpaired) electrons. The zero-order valence-electron chi connectivity index (χ0n) is 13.0. The van der Waals surface area contributed by atoms with E-state index in [4.69, 9.17) is 0 Å². The third kappa shape index (κ3) is 2.75. The van der Waals surface area contributed by atoms with Crippen molar-refractivity contribution in [2.24, 2.45) is 0 Å². The van der Waals surface area contributed by atoms with E-state index in [0.717, 1.165) is 31.2 Å². The normalized spacial score (nSPS) is 25.8. The second kappa shape index (κ2) is 5.65. The van der Waals surface area contributed by atoms with E-state index in [1.165, 1.54) is 16.7 Å². The number of aryl methyl sites for hydroxylation is 1. The fourth-order valence-electron chi connectivity index (χ4n) is 3.68. The molecule has 1 saturated carbocycles. The Hall–Kier alpha value is -1.60. The van der Waals surface area contributed by atoms with Gasteiger partial charge in [0.15, 0.2) is 0 Å². The fourth-order valence-corrected chi connectivity index (χ4v) is 3.68. The maximum atomic E-state index is 11.1. The molecule has 3 rings (SSSR count). The van der Waals surface area contributed by atoms with Gasteiger partial charge in [-0.2, -0.15) is 0 Å². The van der Waals surface area contributed by atoms with E-state index >= 15 is 0 Å². The van der Waals surface area contributed by atoms with Crippen LogP contribution in [0.2, 0.25) is 0 Å². The molecule has 0 bridgehead atoms. The molecule has 1 heteroatoms. The predicted molar refractivity (Wildman–Crippen MR) is 87.5 cm³/mol. The molecule has 0 atom stereocenters. The van der Waals surface area contributed by atoms with Gasteiger partial charge in [0.25, 0.3) is 0 Å². The molecule has 110 valence electrons. The molecule has 2 aromatic rings. The molecule has 0 spiro atoms. The largest absolute Gasteiger partial charge is 0.385 e. The molecule has 1 nitrogen and oxygen atoms in total. The molecule has 1 fully saturated rings. The molecule has 0 amide bonds. The highest BCUT2D eigenvalue weighted by molar-refractivity contribution is 5.37. The molecule has 0 aromatic heterocycles. The quantitative estimate of drug-likeness (QED) is 0.833. The molecule has 0 unspecified atom stereocenters. The number of rotatable bonds is 2. The van der Waals surface area contributed by atoms with Crippen molar-refractivity contribution in [3.63, 3.8) is 0 Å². The Labute approximate surface area is 127 Å². The van der Waals surface area contributed by atoms with E-state index in [9.17, 15) is 5.11 Å². The van der Waals surface area contributed by atoms with E-state index in [1.807, 2.05) is 0 Å². The van der Waals surface area contributed by atoms with Crippen LogP contribution in [0.3, 0.4) is 0 Å². The highest BCUT2D eigenvalue weighted by Crippen LogP contribution is 2.44. The highest BCUT2D eigenvalue weighted by Gasteiger charge is 2.36. The van der Waals surface area contributed by atoms with Gasteiger partial charge >= 0.3 is 0 Å². The lowest BCUT2D eigenvalue weighted by molar-refractivity contribution is -0.00625. The van der Waals surface area contributed by atoms with Crippen LogP contribution >= 0.6 is 0 Å². The van der Waals surface area contributed by atoms with Gasteiger partial charge in [-0.15, -0.1) is 0 Å². The van der Waals surface area contributed by atoms with E-state index in [2.05, 4.69) is 62.4 Å². The maximum Gasteiger partial charge on any atom is 0.0899 e. The summed E-state index contributed by atoms with van der Waals surface area (Å²) in [6.07, 6.45) is 3.84. The Morgan fingerprint density at radius 3 is 2.24 bits per heavy atom. The third-order valence-corrected chi connectivity index (χ3v) is 5.19. The summed E-state index contributed by atoms with van der Waals surface area (Å²) in [5.74, 6) is 0.594. The van der Waals surface area contributed by atoms with Crippen molar-refractivity contribution < 1.29 is 5.11 Å². The van der Waals surface area contributed by atoms with Crippen LogP contribution in [-0.2, 0) is 5.60 Å². The summed E-state index contributed by atoms with van der Waals surface area (Å²) < 4.78 is 0. The number of hydrogen-bond donors (Lipinski definition) is 1. The lowest BCUT2D eigenvalue weighted by Crippen LogP contribution is -2.31. The summed E-state index contributed by atoms with van der Waals surface area (Å²) in [4.78, 5) is 0. The van der Waals surface area contributed by atoms with Crippen LogP contribution in [-0.4, -0.2) is 5.11 Å². The summed E-state index contributed by atoms with van der Waals surface area (Å²) in [5, 5.41) is 11.1. The average molecular weight is 280 g/mol. The molecule has 2 aromatic carbocycles. The van der Waals surface area contributed by atoms with Crippen LogP contribution in [0, 0.1) is 13.8 Å². The van der Waals surface area contributed by atoms with Crippen molar-refractivity contribution in [2.75, 3.05) is 0 Å². The van der Waals surface area contributed by atoms with Crippen LogP contribution in [0.1, 0.15) is 53.9 Å². The smallest absolute Gasteiger partial charge is 0.0899 e. The first-order valence-electron chi connectivity index (χ1n) is 7.94. The molecule has 0 aliphatic heterocycles. The zero-order valence-corrected chi connectivity index (χ0v) is 13.0. The molecular formula is C20H24O. The van der Waals surface area contributed by atoms with Gasteiger partial charge in [-0.3, -0.25) is 0 Å². The minimum absolute atomic E-state index is 0.594. The van der Waals surface area contributed by atoms with Crippen LogP contribution < -0.4 is 0 Å². The van der Waals surface area contributed by atoms with Gasteiger partial charge < -0.3 is 5.11 Å². The minimum Gasteiger partial charge on any atom is -0.385 e. The highest BCUT2D eigenvalue weighted by atomic mass is 16.3. The van der Waals surface area contributed by atoms with Crippen molar-refractivity contribution in [1.29, 1.82) is 0 Å². The van der Waals surface area contributed by atoms with Crippen molar-refractivity contribution in [3.8, 4) is 0 Å². The summed E-state index contributed by atoms with van der Waals surface area (Å²) in [6, 6.07) is 17.0. The number of hydrogen-bond acceptors (Lipinski definition) is 1. The zero-order chi connectivity index (χ0) is 14.9. The summed E-state index contributed by atoms with van der Waals surface area (Å²) in [5.41, 5.74) is 4.43. The molecule has 0 saturated heterocycles. The van der Waals surface area contributed by atoms with Crippen LogP contribution in [0.4, 0.5) is 0 Å². The van der Waals surface area contributed by atoms with Gasteiger partial charge in [-0.05, 0) is 67.7 Å². The standard InChI is InChI=1S/C20H24O/c1-15-7-6-10-19(16(15)2)20(21)13-11-18(12-14-20)17-8-4-3-5-9-17/h3-10,18,21H,11-14H2,1-2H3. The van der Waals surface area contributed by atoms with Crippen molar-refractivity contribution in [3.05, 3.63) is 70.8 Å². The Morgan fingerprint density at radius 2 is 1.57 bits per heavy atom. The topological polar surface area (TPSA) is 20.2 Å². The first kappa shape index (κ1) is 14.3. The summed E-state index contributed by atoms with van der Waals surface area (Å²) in [7, 11) is 0. The first-order valence-corrected chi connectivity index (χ1v) is 7.94. The molecular weight excluding hydrogens is 256 g/mol. The molecule has 1 N–H and O–H groups in total. The van der Waals surface area contributed by atoms with Gasteiger partial charge in [0.1, 0.15) is 0 Å². The lowest BCUT2D eigenvalue weighted by atomic mass is 9.72. The maximum absolute atomic E-state index is 11.1. The van der Waals surface area contributed by atoms with Crippen LogP contribution in [0.5, 0.6) is 0 Å².